The minimum Gasteiger partial charge on any atom is -0.491 e. The van der Waals surface area contributed by atoms with Crippen molar-refractivity contribution in [1.82, 2.24) is 9.80 Å². The molecule has 0 radical (unpaired) electrons. The maximum absolute atomic E-state index is 13.5. The van der Waals surface area contributed by atoms with Crippen LogP contribution in [0.2, 0.25) is 0 Å². The second kappa shape index (κ2) is 11.2. The number of amides is 2. The van der Waals surface area contributed by atoms with Crippen LogP contribution < -0.4 is 19.5 Å². The average Bonchev–Trinajstić information content (AvgIpc) is 3.61. The molecule has 1 fully saturated rings. The van der Waals surface area contributed by atoms with E-state index < -0.39 is 0 Å². The molecule has 2 aliphatic heterocycles. The summed E-state index contributed by atoms with van der Waals surface area (Å²) < 4.78 is 22.9. The second-order valence-electron chi connectivity index (χ2n) is 10.7. The number of anilines is 1. The van der Waals surface area contributed by atoms with Crippen molar-refractivity contribution in [3.63, 3.8) is 0 Å². The fourth-order valence-corrected chi connectivity index (χ4v) is 5.05. The summed E-state index contributed by atoms with van der Waals surface area (Å²) in [6.07, 6.45) is 2.47. The van der Waals surface area contributed by atoms with Gasteiger partial charge in [-0.25, -0.2) is 0 Å². The van der Waals surface area contributed by atoms with Crippen LogP contribution in [0.25, 0.3) is 0 Å². The van der Waals surface area contributed by atoms with Gasteiger partial charge in [0.1, 0.15) is 12.4 Å². The van der Waals surface area contributed by atoms with Crippen LogP contribution in [-0.2, 0) is 4.74 Å². The molecule has 204 valence electrons. The molecule has 5 rings (SSSR count). The fraction of sp³-hybridized carbons (Fsp3) is 0.517. The molecule has 1 N–H and O–H groups in total. The Kier molecular flexibility index (Phi) is 7.76. The maximum atomic E-state index is 13.5. The number of hydrogen-bond donors (Lipinski definition) is 1. The second-order valence-corrected chi connectivity index (χ2v) is 10.7. The van der Waals surface area contributed by atoms with Crippen LogP contribution in [0.3, 0.4) is 0 Å². The van der Waals surface area contributed by atoms with E-state index in [1.807, 2.05) is 0 Å². The van der Waals surface area contributed by atoms with Gasteiger partial charge in [-0.15, -0.1) is 0 Å². The normalized spacial score (nSPS) is 24.2. The summed E-state index contributed by atoms with van der Waals surface area (Å²) in [5, 5.41) is 2.92. The van der Waals surface area contributed by atoms with Gasteiger partial charge in [-0.05, 0) is 61.9 Å². The van der Waals surface area contributed by atoms with Crippen LogP contribution in [0.15, 0.2) is 36.4 Å². The first-order chi connectivity index (χ1) is 18.3. The predicted molar refractivity (Wildman–Crippen MR) is 143 cm³/mol. The zero-order valence-corrected chi connectivity index (χ0v) is 22.6. The van der Waals surface area contributed by atoms with Crippen LogP contribution >= 0.6 is 0 Å². The molecule has 3 aliphatic rings. The Labute approximate surface area is 224 Å². The highest BCUT2D eigenvalue weighted by atomic mass is 16.7. The molecule has 0 bridgehead atoms. The maximum Gasteiger partial charge on any atom is 0.257 e. The summed E-state index contributed by atoms with van der Waals surface area (Å²) in [5.74, 6) is 2.17. The van der Waals surface area contributed by atoms with E-state index in [0.717, 1.165) is 19.0 Å². The molecule has 0 aromatic heterocycles. The van der Waals surface area contributed by atoms with Gasteiger partial charge in [0, 0.05) is 57.2 Å². The van der Waals surface area contributed by atoms with E-state index in [-0.39, 0.29) is 36.7 Å². The molecule has 2 amide bonds. The van der Waals surface area contributed by atoms with Gasteiger partial charge in [0.15, 0.2) is 11.5 Å². The van der Waals surface area contributed by atoms with Crippen molar-refractivity contribution in [2.75, 3.05) is 52.5 Å². The number of benzene rings is 2. The van der Waals surface area contributed by atoms with Crippen molar-refractivity contribution in [3.05, 3.63) is 47.5 Å². The van der Waals surface area contributed by atoms with Gasteiger partial charge in [0.05, 0.1) is 11.7 Å². The standard InChI is InChI=1S/C29H37N3O6/c1-18-13-32(14-20-5-6-20)19(2)16-36-25-12-22(8-9-23(25)29(34)31(3)15-27(18)35-4)30-28(33)21-7-10-24-26(11-21)38-17-37-24/h7-12,18-20,27H,5-6,13-17H2,1-4H3,(H,30,33)/t18-,19-,27-/m0/s1. The Morgan fingerprint density at radius 3 is 2.58 bits per heavy atom. The summed E-state index contributed by atoms with van der Waals surface area (Å²) in [6.45, 7) is 7.32. The molecule has 0 spiro atoms. The molecule has 38 heavy (non-hydrogen) atoms. The molecule has 9 nitrogen and oxygen atoms in total. The number of nitrogens with one attached hydrogen (secondary N) is 1. The highest BCUT2D eigenvalue weighted by Gasteiger charge is 2.31. The SMILES string of the molecule is CO[C@H]1CN(C)C(=O)c2ccc(NC(=O)c3ccc4c(c3)OCO4)cc2OC[C@H](C)N(CC2CC2)C[C@@H]1C. The van der Waals surface area contributed by atoms with Crippen molar-refractivity contribution >= 4 is 17.5 Å². The van der Waals surface area contributed by atoms with Crippen LogP contribution in [0, 0.1) is 11.8 Å². The summed E-state index contributed by atoms with van der Waals surface area (Å²) in [5.41, 5.74) is 1.44. The molecule has 1 aliphatic carbocycles. The lowest BCUT2D eigenvalue weighted by atomic mass is 10.0. The Bertz CT molecular complexity index is 1180. The van der Waals surface area contributed by atoms with Gasteiger partial charge in [0.2, 0.25) is 6.79 Å². The van der Waals surface area contributed by atoms with Crippen molar-refractivity contribution in [2.45, 2.75) is 38.8 Å². The molecule has 2 aromatic carbocycles. The van der Waals surface area contributed by atoms with Gasteiger partial charge >= 0.3 is 0 Å². The molecule has 9 heteroatoms. The summed E-state index contributed by atoms with van der Waals surface area (Å²) in [7, 11) is 3.50. The van der Waals surface area contributed by atoms with Crippen LogP contribution in [-0.4, -0.2) is 81.0 Å². The summed E-state index contributed by atoms with van der Waals surface area (Å²) in [6, 6.07) is 10.4. The number of carbonyl (C=O) groups excluding carboxylic acids is 2. The predicted octanol–water partition coefficient (Wildman–Crippen LogP) is 3.88. The van der Waals surface area contributed by atoms with E-state index in [1.54, 1.807) is 55.5 Å². The molecule has 0 saturated heterocycles. The van der Waals surface area contributed by atoms with E-state index in [9.17, 15) is 9.59 Å². The highest BCUT2D eigenvalue weighted by Crippen LogP contribution is 2.34. The first-order valence-electron chi connectivity index (χ1n) is 13.3. The zero-order valence-electron chi connectivity index (χ0n) is 22.6. The van der Waals surface area contributed by atoms with Gasteiger partial charge < -0.3 is 29.2 Å². The van der Waals surface area contributed by atoms with Gasteiger partial charge in [-0.1, -0.05) is 6.92 Å². The van der Waals surface area contributed by atoms with Crippen molar-refractivity contribution in [1.29, 1.82) is 0 Å². The monoisotopic (exact) mass is 523 g/mol. The number of rotatable bonds is 5. The van der Waals surface area contributed by atoms with E-state index in [2.05, 4.69) is 24.1 Å². The molecule has 3 atom stereocenters. The first kappa shape index (κ1) is 26.3. The van der Waals surface area contributed by atoms with E-state index >= 15 is 0 Å². The number of hydrogen-bond acceptors (Lipinski definition) is 7. The number of fused-ring (bicyclic) bond motifs is 2. The molecule has 2 heterocycles. The number of nitrogens with zero attached hydrogens (tertiary/aromatic N) is 2. The Morgan fingerprint density at radius 1 is 1.03 bits per heavy atom. The van der Waals surface area contributed by atoms with E-state index in [1.165, 1.54) is 12.8 Å². The Hall–Kier alpha value is -3.30. The van der Waals surface area contributed by atoms with E-state index in [4.69, 9.17) is 18.9 Å². The largest absolute Gasteiger partial charge is 0.491 e. The van der Waals surface area contributed by atoms with Crippen LogP contribution in [0.1, 0.15) is 47.4 Å². The molecule has 1 saturated carbocycles. The fourth-order valence-electron chi connectivity index (χ4n) is 5.05. The van der Waals surface area contributed by atoms with Gasteiger partial charge in [0.25, 0.3) is 11.8 Å². The van der Waals surface area contributed by atoms with Gasteiger partial charge in [-0.2, -0.15) is 0 Å². The smallest absolute Gasteiger partial charge is 0.257 e. The first-order valence-corrected chi connectivity index (χ1v) is 13.3. The van der Waals surface area contributed by atoms with Crippen LogP contribution in [0.5, 0.6) is 17.2 Å². The van der Waals surface area contributed by atoms with Crippen molar-refractivity contribution < 1.29 is 28.5 Å². The molecule has 0 unspecified atom stereocenters. The Morgan fingerprint density at radius 2 is 1.82 bits per heavy atom. The molecular formula is C29H37N3O6. The van der Waals surface area contributed by atoms with Gasteiger partial charge in [-0.3, -0.25) is 14.5 Å². The quantitative estimate of drug-likeness (QED) is 0.636. The number of carbonyl (C=O) groups is 2. The minimum atomic E-state index is -0.291. The van der Waals surface area contributed by atoms with Crippen LogP contribution in [0.4, 0.5) is 5.69 Å². The minimum absolute atomic E-state index is 0.0816. The third kappa shape index (κ3) is 5.89. The summed E-state index contributed by atoms with van der Waals surface area (Å²) >= 11 is 0. The lowest BCUT2D eigenvalue weighted by Gasteiger charge is -2.36. The molecular weight excluding hydrogens is 486 g/mol. The molecule has 2 aromatic rings. The van der Waals surface area contributed by atoms with Crippen molar-refractivity contribution in [2.24, 2.45) is 11.8 Å². The number of methoxy groups -OCH3 is 1. The third-order valence-electron chi connectivity index (χ3n) is 7.66. The lowest BCUT2D eigenvalue weighted by Crippen LogP contribution is -2.47. The third-order valence-corrected chi connectivity index (χ3v) is 7.66. The number of ether oxygens (including phenoxy) is 4. The number of likely N-dealkylation sites (N-methyl/N-ethyl adjacent to an activating group) is 1. The highest BCUT2D eigenvalue weighted by molar-refractivity contribution is 6.05. The average molecular weight is 524 g/mol. The zero-order chi connectivity index (χ0) is 26.8. The Balaban J connectivity index is 1.39. The van der Waals surface area contributed by atoms with Crippen molar-refractivity contribution in [3.8, 4) is 17.2 Å². The summed E-state index contributed by atoms with van der Waals surface area (Å²) in [4.78, 5) is 30.6. The topological polar surface area (TPSA) is 89.6 Å². The van der Waals surface area contributed by atoms with E-state index in [0.29, 0.717) is 47.2 Å². The lowest BCUT2D eigenvalue weighted by molar-refractivity contribution is 0.00994.